The molecule has 0 saturated carbocycles. The number of rotatable bonds is 8. The number of carbonyl (C=O) groups excluding carboxylic acids is 1. The Hall–Kier alpha value is -1.75. The molecule has 0 fully saturated rings. The minimum atomic E-state index is -0.328. The van der Waals surface area contributed by atoms with Crippen LogP contribution in [-0.4, -0.2) is 42.7 Å². The van der Waals surface area contributed by atoms with Gasteiger partial charge in [0.15, 0.2) is 0 Å². The number of aryl methyl sites for hydroxylation is 2. The molecule has 156 valence electrons. The van der Waals surface area contributed by atoms with Gasteiger partial charge in [0, 0.05) is 13.5 Å². The molecule has 0 saturated heterocycles. The first-order valence-corrected chi connectivity index (χ1v) is 9.91. The van der Waals surface area contributed by atoms with Crippen molar-refractivity contribution < 1.29 is 14.3 Å². The van der Waals surface area contributed by atoms with Crippen LogP contribution >= 0.6 is 0 Å². The number of ether oxygens (including phenoxy) is 2. The van der Waals surface area contributed by atoms with E-state index in [0.717, 1.165) is 31.1 Å². The van der Waals surface area contributed by atoms with Crippen LogP contribution in [0.25, 0.3) is 0 Å². The minimum absolute atomic E-state index is 0.225. The van der Waals surface area contributed by atoms with Crippen molar-refractivity contribution in [2.24, 2.45) is 0 Å². The number of hydrogen-bond donors (Lipinski definition) is 1. The topological polar surface area (TPSA) is 64.8 Å². The van der Waals surface area contributed by atoms with Gasteiger partial charge < -0.3 is 15.2 Å². The largest absolute Gasteiger partial charge is 0.490 e. The van der Waals surface area contributed by atoms with Gasteiger partial charge in [-0.05, 0) is 83.8 Å². The van der Waals surface area contributed by atoms with Gasteiger partial charge in [0.05, 0.1) is 5.69 Å². The van der Waals surface area contributed by atoms with E-state index in [1.54, 1.807) is 0 Å². The second-order valence-corrected chi connectivity index (χ2v) is 7.87. The first-order valence-electron chi connectivity index (χ1n) is 9.91. The lowest BCUT2D eigenvalue weighted by Crippen LogP contribution is -2.30. The quantitative estimate of drug-likeness (QED) is 0.521. The zero-order valence-electron chi connectivity index (χ0n) is 18.6. The van der Waals surface area contributed by atoms with E-state index in [2.05, 4.69) is 32.6 Å². The third-order valence-corrected chi connectivity index (χ3v) is 3.82. The van der Waals surface area contributed by atoms with E-state index in [4.69, 9.17) is 15.2 Å². The monoisotopic (exact) mass is 380 g/mol. The Morgan fingerprint density at radius 1 is 1.04 bits per heavy atom. The van der Waals surface area contributed by atoms with Crippen molar-refractivity contribution >= 4 is 11.7 Å². The lowest BCUT2D eigenvalue weighted by atomic mass is 10.1. The van der Waals surface area contributed by atoms with Crippen molar-refractivity contribution in [3.05, 3.63) is 23.3 Å². The maximum absolute atomic E-state index is 10.2. The SMILES string of the molecule is CC(=O)OC(C)(C)C.CCCN(CCC)CCOc1cc(C)c(C)cc1N. The van der Waals surface area contributed by atoms with E-state index in [-0.39, 0.29) is 11.6 Å². The predicted octanol–water partition coefficient (Wildman–Crippen LogP) is 4.73. The summed E-state index contributed by atoms with van der Waals surface area (Å²) in [4.78, 5) is 12.7. The summed E-state index contributed by atoms with van der Waals surface area (Å²) < 4.78 is 10.6. The molecule has 0 aliphatic carbocycles. The molecule has 0 bridgehead atoms. The highest BCUT2D eigenvalue weighted by Crippen LogP contribution is 2.25. The first kappa shape index (κ1) is 25.2. The van der Waals surface area contributed by atoms with Crippen molar-refractivity contribution in [2.75, 3.05) is 32.0 Å². The highest BCUT2D eigenvalue weighted by Gasteiger charge is 2.11. The fourth-order valence-electron chi connectivity index (χ4n) is 2.62. The lowest BCUT2D eigenvalue weighted by Gasteiger charge is -2.21. The number of carbonyl (C=O) groups is 1. The van der Waals surface area contributed by atoms with Crippen molar-refractivity contribution in [1.29, 1.82) is 0 Å². The molecule has 5 nitrogen and oxygen atoms in total. The summed E-state index contributed by atoms with van der Waals surface area (Å²) in [6, 6.07) is 4.02. The van der Waals surface area contributed by atoms with Gasteiger partial charge in [-0.1, -0.05) is 13.8 Å². The summed E-state index contributed by atoms with van der Waals surface area (Å²) in [6.07, 6.45) is 2.37. The van der Waals surface area contributed by atoms with E-state index >= 15 is 0 Å². The van der Waals surface area contributed by atoms with E-state index < -0.39 is 0 Å². The van der Waals surface area contributed by atoms with Gasteiger partial charge in [-0.25, -0.2) is 0 Å². The molecule has 0 amide bonds. The summed E-state index contributed by atoms with van der Waals surface area (Å²) >= 11 is 0. The zero-order valence-corrected chi connectivity index (χ0v) is 18.6. The van der Waals surface area contributed by atoms with Crippen LogP contribution in [0.4, 0.5) is 5.69 Å². The van der Waals surface area contributed by atoms with Crippen LogP contribution in [-0.2, 0) is 9.53 Å². The number of nitrogens with zero attached hydrogens (tertiary/aromatic N) is 1. The molecule has 1 aromatic rings. The number of nitrogen functional groups attached to an aromatic ring is 1. The van der Waals surface area contributed by atoms with Crippen LogP contribution < -0.4 is 10.5 Å². The number of esters is 1. The van der Waals surface area contributed by atoms with E-state index in [1.807, 2.05) is 32.9 Å². The minimum Gasteiger partial charge on any atom is -0.490 e. The molecule has 0 aliphatic rings. The van der Waals surface area contributed by atoms with E-state index in [1.165, 1.54) is 30.9 Å². The highest BCUT2D eigenvalue weighted by molar-refractivity contribution is 5.66. The van der Waals surface area contributed by atoms with Crippen LogP contribution in [0.3, 0.4) is 0 Å². The highest BCUT2D eigenvalue weighted by atomic mass is 16.6. The van der Waals surface area contributed by atoms with Crippen LogP contribution in [0.1, 0.15) is 65.5 Å². The molecule has 0 aliphatic heterocycles. The Labute approximate surface area is 166 Å². The lowest BCUT2D eigenvalue weighted by molar-refractivity contribution is -0.151. The molecule has 0 heterocycles. The second-order valence-electron chi connectivity index (χ2n) is 7.87. The molecule has 0 aromatic heterocycles. The fraction of sp³-hybridized carbons (Fsp3) is 0.682. The summed E-state index contributed by atoms with van der Waals surface area (Å²) in [6.45, 7) is 19.5. The summed E-state index contributed by atoms with van der Waals surface area (Å²) in [5, 5.41) is 0. The Kier molecular flexibility index (Phi) is 11.8. The molecular formula is C22H40N2O3. The Morgan fingerprint density at radius 3 is 1.96 bits per heavy atom. The second kappa shape index (κ2) is 12.6. The van der Waals surface area contributed by atoms with Crippen molar-refractivity contribution in [2.45, 2.75) is 73.8 Å². The zero-order chi connectivity index (χ0) is 21.0. The summed E-state index contributed by atoms with van der Waals surface area (Å²) in [5.41, 5.74) is 8.83. The van der Waals surface area contributed by atoms with Crippen LogP contribution in [0, 0.1) is 13.8 Å². The summed E-state index contributed by atoms with van der Waals surface area (Å²) in [5.74, 6) is 0.591. The molecule has 0 atom stereocenters. The third-order valence-electron chi connectivity index (χ3n) is 3.82. The predicted molar refractivity (Wildman–Crippen MR) is 114 cm³/mol. The Balaban J connectivity index is 0.000000713. The molecule has 0 radical (unpaired) electrons. The van der Waals surface area contributed by atoms with Crippen LogP contribution in [0.15, 0.2) is 12.1 Å². The van der Waals surface area contributed by atoms with E-state index in [9.17, 15) is 4.79 Å². The maximum atomic E-state index is 10.2. The van der Waals surface area contributed by atoms with Gasteiger partial charge >= 0.3 is 5.97 Å². The maximum Gasteiger partial charge on any atom is 0.303 e. The number of hydrogen-bond acceptors (Lipinski definition) is 5. The van der Waals surface area contributed by atoms with Crippen molar-refractivity contribution in [1.82, 2.24) is 4.90 Å². The number of benzene rings is 1. The molecule has 0 unspecified atom stereocenters. The van der Waals surface area contributed by atoms with Gasteiger partial charge in [-0.3, -0.25) is 9.69 Å². The number of nitrogens with two attached hydrogens (primary N) is 1. The van der Waals surface area contributed by atoms with Crippen LogP contribution in [0.2, 0.25) is 0 Å². The van der Waals surface area contributed by atoms with Gasteiger partial charge in [-0.2, -0.15) is 0 Å². The van der Waals surface area contributed by atoms with Crippen molar-refractivity contribution in [3.8, 4) is 5.75 Å². The third kappa shape index (κ3) is 12.3. The molecule has 1 rings (SSSR count). The molecule has 1 aromatic carbocycles. The average molecular weight is 381 g/mol. The van der Waals surface area contributed by atoms with Crippen molar-refractivity contribution in [3.63, 3.8) is 0 Å². The van der Waals surface area contributed by atoms with Gasteiger partial charge in [-0.15, -0.1) is 0 Å². The Bertz CT molecular complexity index is 559. The standard InChI is InChI=1S/C16H28N2O.C6H12O2/c1-5-7-18(8-6-2)9-10-19-16-12-14(4)13(3)11-15(16)17;1-5(7)8-6(2,3)4/h11-12H,5-10,17H2,1-4H3;1-4H3. The summed E-state index contributed by atoms with van der Waals surface area (Å²) in [7, 11) is 0. The molecule has 5 heteroatoms. The molecule has 2 N–H and O–H groups in total. The van der Waals surface area contributed by atoms with E-state index in [0.29, 0.717) is 6.61 Å². The van der Waals surface area contributed by atoms with Gasteiger partial charge in [0.25, 0.3) is 0 Å². The number of anilines is 1. The molecular weight excluding hydrogens is 340 g/mol. The normalized spacial score (nSPS) is 11.0. The van der Waals surface area contributed by atoms with Crippen LogP contribution in [0.5, 0.6) is 5.75 Å². The van der Waals surface area contributed by atoms with Gasteiger partial charge in [0.2, 0.25) is 0 Å². The average Bonchev–Trinajstić information content (AvgIpc) is 2.51. The fourth-order valence-corrected chi connectivity index (χ4v) is 2.62. The molecule has 0 spiro atoms. The Morgan fingerprint density at radius 2 is 1.56 bits per heavy atom. The smallest absolute Gasteiger partial charge is 0.303 e. The first-order chi connectivity index (χ1) is 12.5. The van der Waals surface area contributed by atoms with Gasteiger partial charge in [0.1, 0.15) is 18.0 Å². The molecule has 27 heavy (non-hydrogen) atoms.